The fourth-order valence-corrected chi connectivity index (χ4v) is 6.48. The Labute approximate surface area is 154 Å². The third-order valence-corrected chi connectivity index (χ3v) is 7.41. The highest BCUT2D eigenvalue weighted by Gasteiger charge is 2.70. The summed E-state index contributed by atoms with van der Waals surface area (Å²) in [6.45, 7) is 0. The molecule has 0 amide bonds. The molecular weight excluding hydrogens is 326 g/mol. The van der Waals surface area contributed by atoms with E-state index in [9.17, 15) is 0 Å². The van der Waals surface area contributed by atoms with Gasteiger partial charge in [-0.1, -0.05) is 60.7 Å². The maximum atomic E-state index is 6.48. The van der Waals surface area contributed by atoms with Crippen molar-refractivity contribution in [2.24, 2.45) is 23.0 Å². The van der Waals surface area contributed by atoms with Crippen LogP contribution in [0.1, 0.15) is 31.2 Å². The van der Waals surface area contributed by atoms with E-state index in [-0.39, 0.29) is 16.9 Å². The number of hydrogen-bond acceptors (Lipinski definition) is 2. The molecule has 0 heterocycles. The number of benzene rings is 2. The lowest BCUT2D eigenvalue weighted by atomic mass is 9.63. The Bertz CT molecular complexity index is 807. The average molecular weight is 349 g/mol. The Morgan fingerprint density at radius 1 is 0.960 bits per heavy atom. The minimum absolute atomic E-state index is 0.0203. The Kier molecular flexibility index (Phi) is 3.27. The lowest BCUT2D eigenvalue weighted by molar-refractivity contribution is 0.0628. The monoisotopic (exact) mass is 349 g/mol. The van der Waals surface area contributed by atoms with Crippen LogP contribution in [0.2, 0.25) is 0 Å². The number of para-hydroxylation sites is 1. The zero-order valence-corrected chi connectivity index (χ0v) is 15.0. The number of thiocarbonyl (C=S) groups is 1. The van der Waals surface area contributed by atoms with E-state index in [1.54, 1.807) is 0 Å². The summed E-state index contributed by atoms with van der Waals surface area (Å²) in [7, 11) is 0. The third-order valence-electron chi connectivity index (χ3n) is 7.01. The van der Waals surface area contributed by atoms with Gasteiger partial charge in [0.05, 0.1) is 4.99 Å². The van der Waals surface area contributed by atoms with Gasteiger partial charge in [-0.15, -0.1) is 0 Å². The van der Waals surface area contributed by atoms with Crippen LogP contribution in [0, 0.1) is 17.3 Å². The number of nitrogens with two attached hydrogens (primary N) is 1. The maximum absolute atomic E-state index is 6.48. The van der Waals surface area contributed by atoms with Gasteiger partial charge < -0.3 is 10.5 Å². The highest BCUT2D eigenvalue weighted by atomic mass is 32.1. The van der Waals surface area contributed by atoms with E-state index in [0.717, 1.165) is 25.0 Å². The van der Waals surface area contributed by atoms with Crippen LogP contribution in [0.15, 0.2) is 60.7 Å². The first-order valence-corrected chi connectivity index (χ1v) is 9.61. The first-order valence-electron chi connectivity index (χ1n) is 9.20. The van der Waals surface area contributed by atoms with Gasteiger partial charge >= 0.3 is 0 Å². The van der Waals surface area contributed by atoms with Gasteiger partial charge in [-0.25, -0.2) is 0 Å². The molecule has 0 saturated heterocycles. The lowest BCUT2D eigenvalue weighted by Crippen LogP contribution is -2.40. The van der Waals surface area contributed by atoms with Crippen molar-refractivity contribution >= 4 is 17.2 Å². The number of ether oxygens (including phenoxy) is 1. The molecule has 2 nitrogen and oxygen atoms in total. The zero-order valence-electron chi connectivity index (χ0n) is 14.2. The molecule has 3 heteroatoms. The van der Waals surface area contributed by atoms with Crippen molar-refractivity contribution in [3.8, 4) is 5.75 Å². The molecule has 4 saturated carbocycles. The molecule has 2 N–H and O–H groups in total. The quantitative estimate of drug-likeness (QED) is 0.827. The smallest absolute Gasteiger partial charge is 0.119 e. The number of hydrogen-bond donors (Lipinski definition) is 1. The molecule has 25 heavy (non-hydrogen) atoms. The maximum Gasteiger partial charge on any atom is 0.119 e. The summed E-state index contributed by atoms with van der Waals surface area (Å²) >= 11 is 5.60. The van der Waals surface area contributed by atoms with Crippen LogP contribution >= 0.6 is 12.2 Å². The fraction of sp³-hybridized carbons (Fsp3) is 0.409. The largest absolute Gasteiger partial charge is 0.490 e. The molecule has 128 valence electrons. The number of rotatable bonds is 4. The molecule has 4 fully saturated rings. The van der Waals surface area contributed by atoms with E-state index in [2.05, 4.69) is 42.5 Å². The van der Waals surface area contributed by atoms with Crippen LogP contribution in [0.4, 0.5) is 0 Å². The van der Waals surface area contributed by atoms with Crippen molar-refractivity contribution in [2.75, 3.05) is 0 Å². The Balaban J connectivity index is 1.52. The van der Waals surface area contributed by atoms with Crippen LogP contribution < -0.4 is 10.5 Å². The Hall–Kier alpha value is -1.87. The van der Waals surface area contributed by atoms with E-state index in [1.807, 2.05) is 18.2 Å². The van der Waals surface area contributed by atoms with Gasteiger partial charge in [0.15, 0.2) is 0 Å². The van der Waals surface area contributed by atoms with Gasteiger partial charge in [-0.3, -0.25) is 0 Å². The highest BCUT2D eigenvalue weighted by Crippen LogP contribution is 2.71. The predicted octanol–water partition coefficient (Wildman–Crippen LogP) is 4.48. The van der Waals surface area contributed by atoms with Crippen molar-refractivity contribution < 1.29 is 4.74 Å². The van der Waals surface area contributed by atoms with E-state index in [4.69, 9.17) is 22.7 Å². The van der Waals surface area contributed by atoms with E-state index >= 15 is 0 Å². The van der Waals surface area contributed by atoms with Crippen molar-refractivity contribution in [3.05, 3.63) is 66.2 Å². The van der Waals surface area contributed by atoms with Crippen LogP contribution in [0.3, 0.4) is 0 Å². The topological polar surface area (TPSA) is 35.2 Å². The molecule has 5 unspecified atom stereocenters. The Morgan fingerprint density at radius 3 is 2.32 bits per heavy atom. The minimum atomic E-state index is -0.0203. The molecule has 2 aromatic rings. The summed E-state index contributed by atoms with van der Waals surface area (Å²) < 4.78 is 6.48. The third kappa shape index (κ3) is 2.11. The second-order valence-corrected chi connectivity index (χ2v) is 8.66. The van der Waals surface area contributed by atoms with Gasteiger partial charge in [0.1, 0.15) is 11.9 Å². The average Bonchev–Trinajstić information content (AvgIpc) is 3.01. The first kappa shape index (κ1) is 15.4. The first-order chi connectivity index (χ1) is 12.1. The summed E-state index contributed by atoms with van der Waals surface area (Å²) in [5.41, 5.74) is 7.99. The van der Waals surface area contributed by atoms with E-state index in [1.165, 1.54) is 12.0 Å². The van der Waals surface area contributed by atoms with E-state index < -0.39 is 0 Å². The Morgan fingerprint density at radius 2 is 1.64 bits per heavy atom. The normalized spacial score (nSPS) is 38.0. The highest BCUT2D eigenvalue weighted by molar-refractivity contribution is 7.80. The summed E-state index contributed by atoms with van der Waals surface area (Å²) in [6.07, 6.45) is 4.76. The van der Waals surface area contributed by atoms with Crippen molar-refractivity contribution in [1.29, 1.82) is 0 Å². The summed E-state index contributed by atoms with van der Waals surface area (Å²) in [5, 5.41) is 0. The lowest BCUT2D eigenvalue weighted by Gasteiger charge is -2.42. The second-order valence-electron chi connectivity index (χ2n) is 8.22. The van der Waals surface area contributed by atoms with E-state index in [0.29, 0.717) is 16.8 Å². The zero-order chi connectivity index (χ0) is 17.1. The van der Waals surface area contributed by atoms with Gasteiger partial charge in [-0.05, 0) is 54.7 Å². The molecule has 4 aliphatic carbocycles. The minimum Gasteiger partial charge on any atom is -0.490 e. The molecule has 2 aromatic carbocycles. The van der Waals surface area contributed by atoms with Crippen molar-refractivity contribution in [2.45, 2.75) is 37.2 Å². The van der Waals surface area contributed by atoms with Crippen LogP contribution in [0.5, 0.6) is 5.75 Å². The summed E-state index contributed by atoms with van der Waals surface area (Å²) in [5.74, 6) is 1.94. The molecule has 4 aliphatic rings. The van der Waals surface area contributed by atoms with Gasteiger partial charge in [-0.2, -0.15) is 0 Å². The van der Waals surface area contributed by atoms with Crippen molar-refractivity contribution in [1.82, 2.24) is 0 Å². The molecule has 0 spiro atoms. The molecule has 6 rings (SSSR count). The van der Waals surface area contributed by atoms with Gasteiger partial charge in [0, 0.05) is 11.3 Å². The molecule has 0 aromatic heterocycles. The molecule has 0 radical (unpaired) electrons. The molecule has 4 bridgehead atoms. The van der Waals surface area contributed by atoms with Crippen molar-refractivity contribution in [3.63, 3.8) is 0 Å². The predicted molar refractivity (Wildman–Crippen MR) is 104 cm³/mol. The SMILES string of the molecule is NC(=S)C12CC3CC(c4ccccc4)(CC1C3Oc1ccccc1)C2. The fourth-order valence-electron chi connectivity index (χ4n) is 6.17. The molecule has 5 atom stereocenters. The molecule has 0 aliphatic heterocycles. The van der Waals surface area contributed by atoms with Gasteiger partial charge in [0.2, 0.25) is 0 Å². The van der Waals surface area contributed by atoms with Crippen LogP contribution in [-0.2, 0) is 5.41 Å². The molecular formula is C22H23NOS. The second kappa shape index (κ2) is 5.31. The van der Waals surface area contributed by atoms with Crippen LogP contribution in [-0.4, -0.2) is 11.1 Å². The van der Waals surface area contributed by atoms with Crippen LogP contribution in [0.25, 0.3) is 0 Å². The summed E-state index contributed by atoms with van der Waals surface area (Å²) in [4.78, 5) is 0.708. The standard InChI is InChI=1S/C22H23NOS/c23-20(25)22-12-15-11-21(14-22,16-7-3-1-4-8-16)13-18(22)19(15)24-17-9-5-2-6-10-17/h1-10,15,18-19H,11-14H2,(H2,23,25). The van der Waals surface area contributed by atoms with Gasteiger partial charge in [0.25, 0.3) is 0 Å². The summed E-state index contributed by atoms with van der Waals surface area (Å²) in [6, 6.07) is 21.2.